The van der Waals surface area contributed by atoms with E-state index < -0.39 is 204 Å². The fourth-order valence-corrected chi connectivity index (χ4v) is 15.4. The van der Waals surface area contributed by atoms with Crippen molar-refractivity contribution in [2.45, 2.75) is 195 Å². The zero-order chi connectivity index (χ0) is 78.1. The zero-order valence-corrected chi connectivity index (χ0v) is 50.8. The Hall–Kier alpha value is -7.00. The fraction of sp³-hybridized carbons (Fsp3) is 0.714. The SMILES string of the molecule is FC(F)(F)C(F)(F)C(F)(F)C(F)(F)COc1nc(OCC(F)(F)C(F)(F)C(F)(F)C(F)(F)F)nc(OC23CC4CC(C2)CC(c2ccc(C56CC7CC(CC(Oc8nc(OCC(F)(F)C(F)(F)C(F)(F)C(F)(F)F)nc(OCC(F)(F)C(F)(F)C(F)(F)C(F)(F)F)n8)(C7)C5)C6)c5ccccc25)(C4)C3)n1. The molecule has 12 rings (SSSR count). The molecular weight excluding hydrogens is 1540 g/mol. The molecule has 4 aromatic rings. The molecule has 0 aliphatic heterocycles. The second-order valence-corrected chi connectivity index (χ2v) is 26.7. The highest BCUT2D eigenvalue weighted by Gasteiger charge is 2.85. The van der Waals surface area contributed by atoms with Crippen molar-refractivity contribution in [3.63, 3.8) is 0 Å². The third-order valence-corrected chi connectivity index (χ3v) is 19.2. The van der Waals surface area contributed by atoms with Crippen LogP contribution in [0, 0.1) is 23.7 Å². The molecule has 2 heterocycles. The minimum absolute atomic E-state index is 0.101. The molecule has 2 aromatic heterocycles. The maximum Gasteiger partial charge on any atom is 0.460 e. The summed E-state index contributed by atoms with van der Waals surface area (Å²) in [5, 5.41) is 0.850. The van der Waals surface area contributed by atoms with Crippen molar-refractivity contribution < 1.29 is 186 Å². The van der Waals surface area contributed by atoms with Gasteiger partial charge in [-0.05, 0) is 123 Å². The van der Waals surface area contributed by atoms with Gasteiger partial charge in [-0.1, -0.05) is 36.4 Å². The van der Waals surface area contributed by atoms with E-state index in [0.29, 0.717) is 34.7 Å². The molecular formula is C56H42F36N6O6. The van der Waals surface area contributed by atoms with Gasteiger partial charge in [0.25, 0.3) is 0 Å². The monoisotopic (exact) mass is 1580 g/mol. The average Bonchev–Trinajstić information content (AvgIpc) is 0.686. The van der Waals surface area contributed by atoms with E-state index in [1.54, 1.807) is 24.3 Å². The number of rotatable bonds is 26. The molecule has 8 aliphatic carbocycles. The Balaban J connectivity index is 0.973. The topological polar surface area (TPSA) is 133 Å². The Labute approximate surface area is 555 Å². The molecule has 8 bridgehead atoms. The predicted molar refractivity (Wildman–Crippen MR) is 269 cm³/mol. The molecule has 4 atom stereocenters. The second kappa shape index (κ2) is 24.3. The smallest absolute Gasteiger partial charge is 0.457 e. The van der Waals surface area contributed by atoms with Crippen LogP contribution in [0.1, 0.15) is 88.2 Å². The summed E-state index contributed by atoms with van der Waals surface area (Å²) >= 11 is 0. The highest BCUT2D eigenvalue weighted by molar-refractivity contribution is 5.91. The van der Waals surface area contributed by atoms with Gasteiger partial charge in [0, 0.05) is 10.8 Å². The first kappa shape index (κ1) is 79.6. The van der Waals surface area contributed by atoms with Gasteiger partial charge in [-0.3, -0.25) is 0 Å². The van der Waals surface area contributed by atoms with E-state index in [1.165, 1.54) is 12.1 Å². The quantitative estimate of drug-likeness (QED) is 0.0554. The van der Waals surface area contributed by atoms with Crippen LogP contribution < -0.4 is 28.4 Å². The number of hydrogen-bond donors (Lipinski definition) is 0. The van der Waals surface area contributed by atoms with Gasteiger partial charge in [0.2, 0.25) is 0 Å². The highest BCUT2D eigenvalue weighted by atomic mass is 19.5. The van der Waals surface area contributed by atoms with Crippen LogP contribution in [-0.4, -0.2) is 163 Å². The lowest BCUT2D eigenvalue weighted by Crippen LogP contribution is -2.62. The first-order chi connectivity index (χ1) is 46.8. The zero-order valence-electron chi connectivity index (χ0n) is 50.8. The summed E-state index contributed by atoms with van der Waals surface area (Å²) in [6.45, 7) is -13.2. The van der Waals surface area contributed by atoms with E-state index >= 15 is 0 Å². The molecule has 0 saturated heterocycles. The van der Waals surface area contributed by atoms with Crippen molar-refractivity contribution in [2.24, 2.45) is 23.7 Å². The van der Waals surface area contributed by atoms with E-state index in [4.69, 9.17) is 9.47 Å². The average molecular weight is 1580 g/mol. The van der Waals surface area contributed by atoms with Crippen molar-refractivity contribution in [3.05, 3.63) is 47.5 Å². The Morgan fingerprint density at radius 1 is 0.279 bits per heavy atom. The molecule has 48 heteroatoms. The molecule has 2 aromatic carbocycles. The van der Waals surface area contributed by atoms with Crippen LogP contribution in [0.15, 0.2) is 36.4 Å². The number of nitrogens with zero attached hydrogens (tertiary/aromatic N) is 6. The molecule has 584 valence electrons. The summed E-state index contributed by atoms with van der Waals surface area (Å²) in [5.74, 6) is -88.3. The Bertz CT molecular complexity index is 3460. The standard InChI is InChI=1S/C56H42F36N6O6/c57-41(58,45(65,66)49(73,74)53(81,82)83)19-99-31-93-32(100-20-42(59,60)46(67,68)50(75,76)54(84,85)86)96-35(95-31)103-39-13-23-7-24(14-39)10-37(9-23,17-39)29-5-6-30(28-4-2-1-3-27(28)29)38-11-25-8-26(12-38)16-40(15-25,18-38)104-36-97-33(101-21-43(61,62)47(69,70)51(77,78)55(87,88)89)94-34(98-36)102-22-44(63,64)48(71,72)52(79,80)56(90,91)92/h1-6,23-26H,7-22H2. The molecule has 0 spiro atoms. The number of halogens is 36. The molecule has 0 N–H and O–H groups in total. The van der Waals surface area contributed by atoms with Gasteiger partial charge >= 0.3 is 132 Å². The second-order valence-electron chi connectivity index (χ2n) is 26.7. The van der Waals surface area contributed by atoms with E-state index in [9.17, 15) is 158 Å². The maximum absolute atomic E-state index is 14.7. The number of benzene rings is 2. The number of fused-ring (bicyclic) bond motifs is 1. The summed E-state index contributed by atoms with van der Waals surface area (Å²) in [4.78, 5) is 19.1. The molecule has 8 saturated carbocycles. The highest BCUT2D eigenvalue weighted by Crippen LogP contribution is 2.68. The minimum atomic E-state index is -7.55. The molecule has 0 amide bonds. The van der Waals surface area contributed by atoms with Crippen LogP contribution in [0.25, 0.3) is 10.8 Å². The lowest BCUT2D eigenvalue weighted by molar-refractivity contribution is -0.398. The molecule has 0 radical (unpaired) electrons. The molecule has 12 nitrogen and oxygen atoms in total. The van der Waals surface area contributed by atoms with Gasteiger partial charge in [-0.15, -0.1) is 29.9 Å². The van der Waals surface area contributed by atoms with Crippen molar-refractivity contribution in [1.29, 1.82) is 0 Å². The van der Waals surface area contributed by atoms with Crippen LogP contribution in [-0.2, 0) is 10.8 Å². The van der Waals surface area contributed by atoms with Crippen LogP contribution in [0.4, 0.5) is 158 Å². The molecule has 8 aliphatic rings. The number of hydrogen-bond acceptors (Lipinski definition) is 12. The molecule has 104 heavy (non-hydrogen) atoms. The normalized spacial score (nSPS) is 26.3. The number of ether oxygens (including phenoxy) is 6. The van der Waals surface area contributed by atoms with Gasteiger partial charge in [-0.2, -0.15) is 158 Å². The largest absolute Gasteiger partial charge is 0.460 e. The van der Waals surface area contributed by atoms with E-state index in [2.05, 4.69) is 48.9 Å². The van der Waals surface area contributed by atoms with Crippen molar-refractivity contribution in [1.82, 2.24) is 29.9 Å². The Morgan fingerprint density at radius 3 is 0.702 bits per heavy atom. The van der Waals surface area contributed by atoms with Crippen LogP contribution in [0.5, 0.6) is 36.1 Å². The molecule has 4 unspecified atom stereocenters. The third kappa shape index (κ3) is 12.9. The van der Waals surface area contributed by atoms with Crippen LogP contribution in [0.2, 0.25) is 0 Å². The van der Waals surface area contributed by atoms with Crippen LogP contribution >= 0.6 is 0 Å². The maximum atomic E-state index is 14.7. The van der Waals surface area contributed by atoms with Crippen LogP contribution in [0.3, 0.4) is 0 Å². The lowest BCUT2D eigenvalue weighted by Gasteiger charge is -2.62. The van der Waals surface area contributed by atoms with Crippen molar-refractivity contribution in [2.75, 3.05) is 26.4 Å². The summed E-state index contributed by atoms with van der Waals surface area (Å²) in [7, 11) is 0. The summed E-state index contributed by atoms with van der Waals surface area (Å²) in [5.41, 5.74) is -4.79. The van der Waals surface area contributed by atoms with Gasteiger partial charge in [0.1, 0.15) is 11.2 Å². The van der Waals surface area contributed by atoms with Gasteiger partial charge in [0.05, 0.1) is 0 Å². The Morgan fingerprint density at radius 2 is 0.490 bits per heavy atom. The van der Waals surface area contributed by atoms with Gasteiger partial charge in [0.15, 0.2) is 26.4 Å². The first-order valence-electron chi connectivity index (χ1n) is 29.6. The lowest BCUT2D eigenvalue weighted by atomic mass is 9.45. The Kier molecular flexibility index (Phi) is 18.6. The third-order valence-electron chi connectivity index (χ3n) is 19.2. The van der Waals surface area contributed by atoms with E-state index in [0.717, 1.165) is 0 Å². The summed E-state index contributed by atoms with van der Waals surface area (Å²) < 4.78 is 527. The van der Waals surface area contributed by atoms with Gasteiger partial charge < -0.3 is 28.4 Å². The minimum Gasteiger partial charge on any atom is -0.457 e. The van der Waals surface area contributed by atoms with Crippen molar-refractivity contribution >= 4 is 10.8 Å². The molecule has 8 fully saturated rings. The van der Waals surface area contributed by atoms with Gasteiger partial charge in [-0.25, -0.2) is 0 Å². The number of alkyl halides is 36. The number of aromatic nitrogens is 6. The fourth-order valence-electron chi connectivity index (χ4n) is 15.4. The summed E-state index contributed by atoms with van der Waals surface area (Å²) in [6.07, 6.45) is -28.7. The predicted octanol–water partition coefficient (Wildman–Crippen LogP) is 17.9. The van der Waals surface area contributed by atoms with E-state index in [-0.39, 0.29) is 64.2 Å². The first-order valence-corrected chi connectivity index (χ1v) is 29.6. The summed E-state index contributed by atoms with van der Waals surface area (Å²) in [6, 6.07) is -1.56. The van der Waals surface area contributed by atoms with E-state index in [1.807, 2.05) is 0 Å². The van der Waals surface area contributed by atoms with Crippen molar-refractivity contribution in [3.8, 4) is 36.1 Å².